The third-order valence-corrected chi connectivity index (χ3v) is 5.43. The predicted octanol–water partition coefficient (Wildman–Crippen LogP) is 2.34. The van der Waals surface area contributed by atoms with Crippen LogP contribution in [0.4, 0.5) is 5.69 Å². The molecule has 0 bridgehead atoms. The quantitative estimate of drug-likeness (QED) is 0.392. The van der Waals surface area contributed by atoms with E-state index in [1.54, 1.807) is 15.8 Å². The Hall–Kier alpha value is -2.10. The van der Waals surface area contributed by atoms with Gasteiger partial charge in [-0.15, -0.1) is 24.0 Å². The van der Waals surface area contributed by atoms with Gasteiger partial charge in [-0.1, -0.05) is 18.2 Å². The van der Waals surface area contributed by atoms with E-state index in [0.717, 1.165) is 24.7 Å². The monoisotopic (exact) mass is 508 g/mol. The average Bonchev–Trinajstić information content (AvgIpc) is 3.33. The van der Waals surface area contributed by atoms with Crippen LogP contribution in [0, 0.1) is 0 Å². The minimum absolute atomic E-state index is 0. The Kier molecular flexibility index (Phi) is 7.15. The van der Waals surface area contributed by atoms with Crippen molar-refractivity contribution in [2.75, 3.05) is 31.1 Å². The number of amides is 1. The number of carbonyl (C=O) groups is 1. The number of benzene rings is 1. The summed E-state index contributed by atoms with van der Waals surface area (Å²) in [7, 11) is 1.86. The van der Waals surface area contributed by atoms with E-state index in [-0.39, 0.29) is 29.9 Å². The molecular weight excluding hydrogens is 479 g/mol. The topological polar surface area (TPSA) is 65.8 Å². The predicted molar refractivity (Wildman–Crippen MR) is 126 cm³/mol. The number of hydrogen-bond donors (Lipinski definition) is 1. The molecule has 0 atom stereocenters. The molecule has 8 heteroatoms. The van der Waals surface area contributed by atoms with Crippen molar-refractivity contribution in [2.45, 2.75) is 32.7 Å². The van der Waals surface area contributed by atoms with Gasteiger partial charge in [0.25, 0.3) is 0 Å². The van der Waals surface area contributed by atoms with Crippen LogP contribution in [0.2, 0.25) is 0 Å². The molecular formula is C21H29IN6O. The maximum absolute atomic E-state index is 12.7. The Morgan fingerprint density at radius 2 is 2.07 bits per heavy atom. The van der Waals surface area contributed by atoms with Crippen molar-refractivity contribution >= 4 is 41.5 Å². The van der Waals surface area contributed by atoms with Crippen molar-refractivity contribution in [2.24, 2.45) is 12.0 Å². The van der Waals surface area contributed by atoms with Crippen molar-refractivity contribution in [3.63, 3.8) is 0 Å². The molecule has 156 valence electrons. The highest BCUT2D eigenvalue weighted by Gasteiger charge is 2.27. The van der Waals surface area contributed by atoms with E-state index in [9.17, 15) is 4.79 Å². The molecule has 4 rings (SSSR count). The number of halogens is 1. The zero-order valence-corrected chi connectivity index (χ0v) is 19.4. The number of aromatic nitrogens is 2. The van der Waals surface area contributed by atoms with Gasteiger partial charge >= 0.3 is 0 Å². The molecule has 1 aliphatic heterocycles. The fraction of sp³-hybridized carbons (Fsp3) is 0.476. The van der Waals surface area contributed by atoms with Crippen LogP contribution < -0.4 is 10.2 Å². The summed E-state index contributed by atoms with van der Waals surface area (Å²) in [6.45, 7) is 5.17. The highest BCUT2D eigenvalue weighted by atomic mass is 127. The highest BCUT2D eigenvalue weighted by Crippen LogP contribution is 2.23. The lowest BCUT2D eigenvalue weighted by Gasteiger charge is -2.35. The van der Waals surface area contributed by atoms with Gasteiger partial charge in [-0.2, -0.15) is 5.10 Å². The molecule has 2 aromatic rings. The van der Waals surface area contributed by atoms with Crippen molar-refractivity contribution < 1.29 is 4.79 Å². The van der Waals surface area contributed by atoms with Crippen LogP contribution >= 0.6 is 24.0 Å². The molecule has 0 unspecified atom stereocenters. The number of fused-ring (bicyclic) bond motifs is 1. The van der Waals surface area contributed by atoms with Crippen LogP contribution in [0.1, 0.15) is 30.0 Å². The van der Waals surface area contributed by atoms with Gasteiger partial charge in [-0.25, -0.2) is 4.99 Å². The fourth-order valence-electron chi connectivity index (χ4n) is 3.99. The van der Waals surface area contributed by atoms with Crippen LogP contribution in [-0.4, -0.2) is 52.7 Å². The zero-order chi connectivity index (χ0) is 19.5. The molecule has 0 spiro atoms. The third-order valence-electron chi connectivity index (χ3n) is 5.43. The Morgan fingerprint density at radius 3 is 2.79 bits per heavy atom. The first-order chi connectivity index (χ1) is 13.6. The Morgan fingerprint density at radius 1 is 1.24 bits per heavy atom. The summed E-state index contributed by atoms with van der Waals surface area (Å²) in [5.41, 5.74) is 5.04. The first-order valence-electron chi connectivity index (χ1n) is 10.1. The highest BCUT2D eigenvalue weighted by molar-refractivity contribution is 14.0. The van der Waals surface area contributed by atoms with Crippen molar-refractivity contribution in [3.05, 3.63) is 47.3 Å². The number of anilines is 1. The summed E-state index contributed by atoms with van der Waals surface area (Å²) in [5, 5.41) is 7.51. The van der Waals surface area contributed by atoms with Gasteiger partial charge < -0.3 is 15.1 Å². The maximum atomic E-state index is 12.7. The van der Waals surface area contributed by atoms with E-state index in [1.165, 1.54) is 36.0 Å². The lowest BCUT2D eigenvalue weighted by atomic mass is 10.1. The summed E-state index contributed by atoms with van der Waals surface area (Å²) in [5.74, 6) is 0.879. The number of aliphatic imine (C=N–C) groups is 1. The summed E-state index contributed by atoms with van der Waals surface area (Å²) in [4.78, 5) is 21.4. The van der Waals surface area contributed by atoms with Gasteiger partial charge in [0.1, 0.15) is 6.54 Å². The van der Waals surface area contributed by atoms with Crippen LogP contribution in [0.15, 0.2) is 35.6 Å². The molecule has 1 amide bonds. The fourth-order valence-corrected chi connectivity index (χ4v) is 3.99. The van der Waals surface area contributed by atoms with Gasteiger partial charge in [0.05, 0.1) is 18.4 Å². The smallest absolute Gasteiger partial charge is 0.246 e. The van der Waals surface area contributed by atoms with Crippen LogP contribution in [0.3, 0.4) is 0 Å². The largest absolute Gasteiger partial charge is 0.356 e. The number of nitrogens with zero attached hydrogens (tertiary/aromatic N) is 5. The van der Waals surface area contributed by atoms with Gasteiger partial charge in [-0.05, 0) is 42.9 Å². The molecule has 1 aromatic heterocycles. The first-order valence-corrected chi connectivity index (χ1v) is 10.1. The number of nitrogens with one attached hydrogen (secondary N) is 1. The first kappa shape index (κ1) is 21.6. The van der Waals surface area contributed by atoms with E-state index in [0.29, 0.717) is 19.6 Å². The van der Waals surface area contributed by atoms with E-state index in [2.05, 4.69) is 35.5 Å². The van der Waals surface area contributed by atoms with Crippen LogP contribution in [0.5, 0.6) is 0 Å². The molecule has 0 radical (unpaired) electrons. The Bertz CT molecular complexity index is 893. The number of aryl methyl sites for hydroxylation is 3. The molecule has 1 saturated heterocycles. The molecule has 2 aliphatic rings. The number of rotatable bonds is 4. The minimum atomic E-state index is 0. The lowest BCUT2D eigenvalue weighted by molar-refractivity contribution is -0.120. The minimum Gasteiger partial charge on any atom is -0.356 e. The number of piperazine rings is 1. The number of carbonyl (C=O) groups excluding carboxylic acids is 1. The molecule has 1 N–H and O–H groups in total. The molecule has 7 nitrogen and oxygen atoms in total. The second kappa shape index (κ2) is 9.60. The third kappa shape index (κ3) is 4.91. The Labute approximate surface area is 189 Å². The van der Waals surface area contributed by atoms with Gasteiger partial charge in [0, 0.05) is 32.9 Å². The molecule has 2 heterocycles. The second-order valence-corrected chi connectivity index (χ2v) is 7.47. The van der Waals surface area contributed by atoms with E-state index in [1.807, 2.05) is 18.1 Å². The standard InChI is InChI=1S/C21H28N6O.HI/c1-3-22-21(23-12-16-7-8-17-5-4-6-18(17)11-16)26-9-10-27(20(28)15-26)19-13-24-25(2)14-19;/h7-8,11,13-14H,3-6,9-10,12,15H2,1-2H3,(H,22,23);1H. The molecule has 1 aliphatic carbocycles. The lowest BCUT2D eigenvalue weighted by Crippen LogP contribution is -2.55. The summed E-state index contributed by atoms with van der Waals surface area (Å²) in [6.07, 6.45) is 7.25. The van der Waals surface area contributed by atoms with Crippen molar-refractivity contribution in [1.82, 2.24) is 20.0 Å². The summed E-state index contributed by atoms with van der Waals surface area (Å²) in [6, 6.07) is 6.72. The molecule has 1 aromatic carbocycles. The van der Waals surface area contributed by atoms with Gasteiger partial charge in [0.2, 0.25) is 5.91 Å². The van der Waals surface area contributed by atoms with Crippen LogP contribution in [-0.2, 0) is 31.2 Å². The van der Waals surface area contributed by atoms with Crippen molar-refractivity contribution in [1.29, 1.82) is 0 Å². The second-order valence-electron chi connectivity index (χ2n) is 7.47. The number of guanidine groups is 1. The SMILES string of the molecule is CCNC(=NCc1ccc2c(c1)CCC2)N1CCN(c2cnn(C)c2)C(=O)C1.I. The number of hydrogen-bond acceptors (Lipinski definition) is 3. The van der Waals surface area contributed by atoms with E-state index < -0.39 is 0 Å². The summed E-state index contributed by atoms with van der Waals surface area (Å²) >= 11 is 0. The molecule has 1 fully saturated rings. The van der Waals surface area contributed by atoms with E-state index >= 15 is 0 Å². The maximum Gasteiger partial charge on any atom is 0.246 e. The normalized spacial score (nSPS) is 16.6. The van der Waals surface area contributed by atoms with Gasteiger partial charge in [0.15, 0.2) is 5.96 Å². The molecule has 29 heavy (non-hydrogen) atoms. The van der Waals surface area contributed by atoms with Gasteiger partial charge in [-0.3, -0.25) is 9.48 Å². The average molecular weight is 508 g/mol. The van der Waals surface area contributed by atoms with E-state index in [4.69, 9.17) is 4.99 Å². The zero-order valence-electron chi connectivity index (χ0n) is 17.1. The van der Waals surface area contributed by atoms with Crippen molar-refractivity contribution in [3.8, 4) is 0 Å². The molecule has 0 saturated carbocycles. The Balaban J connectivity index is 0.00000240. The summed E-state index contributed by atoms with van der Waals surface area (Å²) < 4.78 is 1.72. The van der Waals surface area contributed by atoms with Crippen LogP contribution in [0.25, 0.3) is 0 Å².